The van der Waals surface area contributed by atoms with E-state index in [4.69, 9.17) is 4.52 Å². The molecule has 2 heterocycles. The highest BCUT2D eigenvalue weighted by atomic mass is 79.9. The molecular weight excluding hydrogens is 272 g/mol. The molecule has 16 heavy (non-hydrogen) atoms. The highest BCUT2D eigenvalue weighted by molar-refractivity contribution is 9.09. The summed E-state index contributed by atoms with van der Waals surface area (Å²) >= 11 is 3.60. The highest BCUT2D eigenvalue weighted by Crippen LogP contribution is 2.24. The van der Waals surface area contributed by atoms with Gasteiger partial charge in [-0.1, -0.05) is 28.0 Å². The van der Waals surface area contributed by atoms with Crippen LogP contribution in [0.2, 0.25) is 0 Å². The summed E-state index contributed by atoms with van der Waals surface area (Å²) in [6.07, 6.45) is 1.02. The lowest BCUT2D eigenvalue weighted by Gasteiger charge is -2.33. The van der Waals surface area contributed by atoms with Gasteiger partial charge in [0.15, 0.2) is 0 Å². The summed E-state index contributed by atoms with van der Waals surface area (Å²) in [5.41, 5.74) is 0.740. The maximum Gasteiger partial charge on any atom is 0.292 e. The monoisotopic (exact) mass is 286 g/mol. The molecule has 2 atom stereocenters. The Hall–Kier alpha value is -0.840. The molecule has 0 aliphatic carbocycles. The predicted octanol–water partition coefficient (Wildman–Crippen LogP) is 2.23. The first-order valence-electron chi connectivity index (χ1n) is 5.44. The second kappa shape index (κ2) is 4.57. The minimum Gasteiger partial charge on any atom is -0.351 e. The molecule has 0 bridgehead atoms. The molecule has 1 amide bonds. The van der Waals surface area contributed by atoms with Gasteiger partial charge < -0.3 is 9.42 Å². The summed E-state index contributed by atoms with van der Waals surface area (Å²) in [6, 6.07) is 1.68. The fourth-order valence-electron chi connectivity index (χ4n) is 1.83. The van der Waals surface area contributed by atoms with E-state index in [2.05, 4.69) is 28.0 Å². The molecule has 5 heteroatoms. The van der Waals surface area contributed by atoms with Crippen molar-refractivity contribution >= 4 is 21.8 Å². The number of alkyl halides is 1. The summed E-state index contributed by atoms with van der Waals surface area (Å²) in [4.78, 5) is 14.2. The molecule has 1 saturated heterocycles. The third-order valence-electron chi connectivity index (χ3n) is 2.99. The Morgan fingerprint density at radius 2 is 2.44 bits per heavy atom. The maximum absolute atomic E-state index is 12.0. The molecule has 0 spiro atoms. The summed E-state index contributed by atoms with van der Waals surface area (Å²) in [6.45, 7) is 5.53. The summed E-state index contributed by atoms with van der Waals surface area (Å²) < 4.78 is 4.98. The lowest BCUT2D eigenvalue weighted by molar-refractivity contribution is 0.0664. The Kier molecular flexibility index (Phi) is 3.33. The quantitative estimate of drug-likeness (QED) is 0.744. The normalized spacial score (nSPS) is 25.8. The molecular formula is C11H15BrN2O2. The van der Waals surface area contributed by atoms with Gasteiger partial charge in [0, 0.05) is 24.0 Å². The van der Waals surface area contributed by atoms with E-state index in [0.717, 1.165) is 25.2 Å². The van der Waals surface area contributed by atoms with E-state index >= 15 is 0 Å². The van der Waals surface area contributed by atoms with Crippen molar-refractivity contribution in [2.45, 2.75) is 25.1 Å². The van der Waals surface area contributed by atoms with Gasteiger partial charge >= 0.3 is 0 Å². The van der Waals surface area contributed by atoms with Gasteiger partial charge in [0.05, 0.1) is 5.69 Å². The number of aryl methyl sites for hydroxylation is 1. The van der Waals surface area contributed by atoms with Gasteiger partial charge in [0.2, 0.25) is 5.76 Å². The fourth-order valence-corrected chi connectivity index (χ4v) is 2.44. The fraction of sp³-hybridized carbons (Fsp3) is 0.636. The van der Waals surface area contributed by atoms with Crippen molar-refractivity contribution in [1.82, 2.24) is 10.1 Å². The van der Waals surface area contributed by atoms with Crippen LogP contribution in [0, 0.1) is 12.8 Å². The van der Waals surface area contributed by atoms with E-state index in [0.29, 0.717) is 16.5 Å². The first kappa shape index (κ1) is 11.6. The molecule has 1 aromatic rings. The Labute approximate surface area is 103 Å². The van der Waals surface area contributed by atoms with Crippen molar-refractivity contribution in [2.24, 2.45) is 5.92 Å². The molecule has 1 aromatic heterocycles. The number of halogens is 1. The van der Waals surface area contributed by atoms with Gasteiger partial charge in [-0.25, -0.2) is 0 Å². The Balaban J connectivity index is 2.06. The molecule has 0 aromatic carbocycles. The van der Waals surface area contributed by atoms with Crippen LogP contribution in [0.15, 0.2) is 10.6 Å². The van der Waals surface area contributed by atoms with Crippen molar-refractivity contribution in [3.05, 3.63) is 17.5 Å². The van der Waals surface area contributed by atoms with E-state index in [1.165, 1.54) is 0 Å². The lowest BCUT2D eigenvalue weighted by atomic mass is 9.99. The van der Waals surface area contributed by atoms with Crippen LogP contribution < -0.4 is 0 Å². The molecule has 2 rings (SSSR count). The third-order valence-corrected chi connectivity index (χ3v) is 4.18. The van der Waals surface area contributed by atoms with Crippen LogP contribution in [-0.4, -0.2) is 33.9 Å². The van der Waals surface area contributed by atoms with E-state index in [9.17, 15) is 4.79 Å². The number of hydrogen-bond donors (Lipinski definition) is 0. The van der Waals surface area contributed by atoms with Crippen molar-refractivity contribution in [3.8, 4) is 0 Å². The largest absolute Gasteiger partial charge is 0.351 e. The van der Waals surface area contributed by atoms with Crippen LogP contribution in [0.5, 0.6) is 0 Å². The van der Waals surface area contributed by atoms with Crippen LogP contribution in [0.3, 0.4) is 0 Å². The van der Waals surface area contributed by atoms with Crippen molar-refractivity contribution < 1.29 is 9.32 Å². The standard InChI is InChI=1S/C11H15BrN2O2/c1-7-3-4-14(6-9(7)12)11(15)10-5-8(2)13-16-10/h5,7,9H,3-4,6H2,1-2H3. The zero-order valence-electron chi connectivity index (χ0n) is 9.44. The number of carbonyl (C=O) groups excluding carboxylic acids is 1. The second-order valence-electron chi connectivity index (χ2n) is 4.37. The minimum absolute atomic E-state index is 0.0584. The SMILES string of the molecule is Cc1cc(C(=O)N2CCC(C)C(Br)C2)on1. The van der Waals surface area contributed by atoms with Gasteiger partial charge in [-0.2, -0.15) is 0 Å². The summed E-state index contributed by atoms with van der Waals surface area (Å²) in [7, 11) is 0. The first-order chi connectivity index (χ1) is 7.58. The Bertz CT molecular complexity index is 391. The smallest absolute Gasteiger partial charge is 0.292 e. The van der Waals surface area contributed by atoms with Crippen molar-refractivity contribution in [2.75, 3.05) is 13.1 Å². The zero-order chi connectivity index (χ0) is 11.7. The first-order valence-corrected chi connectivity index (χ1v) is 6.36. The molecule has 0 N–H and O–H groups in total. The van der Waals surface area contributed by atoms with Gasteiger partial charge in [0.1, 0.15) is 0 Å². The lowest BCUT2D eigenvalue weighted by Crippen LogP contribution is -2.43. The van der Waals surface area contributed by atoms with Crippen LogP contribution >= 0.6 is 15.9 Å². The molecule has 0 radical (unpaired) electrons. The molecule has 4 nitrogen and oxygen atoms in total. The Morgan fingerprint density at radius 1 is 1.69 bits per heavy atom. The molecule has 0 saturated carbocycles. The maximum atomic E-state index is 12.0. The average molecular weight is 287 g/mol. The number of piperidine rings is 1. The number of likely N-dealkylation sites (tertiary alicyclic amines) is 1. The highest BCUT2D eigenvalue weighted by Gasteiger charge is 2.29. The van der Waals surface area contributed by atoms with E-state index in [-0.39, 0.29) is 5.91 Å². The van der Waals surface area contributed by atoms with Gasteiger partial charge in [-0.3, -0.25) is 4.79 Å². The second-order valence-corrected chi connectivity index (χ2v) is 5.54. The van der Waals surface area contributed by atoms with Gasteiger partial charge in [-0.05, 0) is 19.3 Å². The average Bonchev–Trinajstić information content (AvgIpc) is 2.68. The number of nitrogens with zero attached hydrogens (tertiary/aromatic N) is 2. The van der Waals surface area contributed by atoms with Crippen LogP contribution in [0.1, 0.15) is 29.6 Å². The zero-order valence-corrected chi connectivity index (χ0v) is 11.0. The van der Waals surface area contributed by atoms with Gasteiger partial charge in [-0.15, -0.1) is 0 Å². The van der Waals surface area contributed by atoms with E-state index < -0.39 is 0 Å². The third kappa shape index (κ3) is 2.29. The van der Waals surface area contributed by atoms with Crippen molar-refractivity contribution in [3.63, 3.8) is 0 Å². The molecule has 1 fully saturated rings. The molecule has 1 aliphatic rings. The van der Waals surface area contributed by atoms with E-state index in [1.807, 2.05) is 11.8 Å². The number of aromatic nitrogens is 1. The predicted molar refractivity (Wildman–Crippen MR) is 63.6 cm³/mol. The van der Waals surface area contributed by atoms with Crippen molar-refractivity contribution in [1.29, 1.82) is 0 Å². The van der Waals surface area contributed by atoms with Gasteiger partial charge in [0.25, 0.3) is 5.91 Å². The van der Waals surface area contributed by atoms with E-state index in [1.54, 1.807) is 6.07 Å². The van der Waals surface area contributed by atoms with Crippen LogP contribution in [0.25, 0.3) is 0 Å². The van der Waals surface area contributed by atoms with Crippen LogP contribution in [0.4, 0.5) is 0 Å². The minimum atomic E-state index is -0.0584. The molecule has 88 valence electrons. The molecule has 2 unspecified atom stereocenters. The summed E-state index contributed by atoms with van der Waals surface area (Å²) in [5, 5.41) is 3.73. The number of hydrogen-bond acceptors (Lipinski definition) is 3. The van der Waals surface area contributed by atoms with Crippen LogP contribution in [-0.2, 0) is 0 Å². The number of carbonyl (C=O) groups is 1. The Morgan fingerprint density at radius 3 is 3.00 bits per heavy atom. The summed E-state index contributed by atoms with van der Waals surface area (Å²) in [5.74, 6) is 0.893. The number of amides is 1. The topological polar surface area (TPSA) is 46.3 Å². The molecule has 1 aliphatic heterocycles. The number of rotatable bonds is 1.